The van der Waals surface area contributed by atoms with Crippen LogP contribution in [0, 0.1) is 29.6 Å². The summed E-state index contributed by atoms with van der Waals surface area (Å²) in [5.74, 6) is -3.38. The molecule has 44 heavy (non-hydrogen) atoms. The average molecular weight is 613 g/mol. The number of Topliss-reactive ketones (excluding diaryl/α,β-unsaturated/α-hetero) is 1. The molecule has 0 aromatic heterocycles. The van der Waals surface area contributed by atoms with Crippen LogP contribution in [-0.2, 0) is 42.9 Å². The van der Waals surface area contributed by atoms with Crippen LogP contribution >= 0.6 is 0 Å². The van der Waals surface area contributed by atoms with Crippen LogP contribution in [0.5, 0.6) is 0 Å². The number of cyclic esters (lactones) is 1. The zero-order valence-electron chi connectivity index (χ0n) is 26.3. The van der Waals surface area contributed by atoms with E-state index in [2.05, 4.69) is 0 Å². The minimum Gasteiger partial charge on any atom is -0.459 e. The van der Waals surface area contributed by atoms with E-state index in [1.165, 1.54) is 14.0 Å². The minimum atomic E-state index is -0.998. The number of hydrogen-bond donors (Lipinski definition) is 1. The van der Waals surface area contributed by atoms with Gasteiger partial charge in [0.1, 0.15) is 35.8 Å². The normalized spacial score (nSPS) is 41.0. The van der Waals surface area contributed by atoms with Gasteiger partial charge in [0.25, 0.3) is 0 Å². The Hall–Kier alpha value is -3.08. The predicted molar refractivity (Wildman–Crippen MR) is 158 cm³/mol. The zero-order chi connectivity index (χ0) is 31.9. The van der Waals surface area contributed by atoms with Crippen LogP contribution in [0.15, 0.2) is 47.6 Å². The summed E-state index contributed by atoms with van der Waals surface area (Å²) in [7, 11) is 1.44. The number of carbonyl (C=O) groups excluding carboxylic acids is 4. The molecule has 1 N–H and O–H groups in total. The molecule has 5 aliphatic rings. The van der Waals surface area contributed by atoms with E-state index in [0.717, 1.165) is 5.57 Å². The highest BCUT2D eigenvalue weighted by Crippen LogP contribution is 2.61. The lowest BCUT2D eigenvalue weighted by atomic mass is 9.57. The van der Waals surface area contributed by atoms with E-state index in [1.54, 1.807) is 13.0 Å². The van der Waals surface area contributed by atoms with Crippen LogP contribution in [0.2, 0.25) is 0 Å². The molecule has 2 aliphatic heterocycles. The number of aliphatic hydroxyl groups excluding tert-OH is 1. The molecule has 2 heterocycles. The first kappa shape index (κ1) is 32.3. The van der Waals surface area contributed by atoms with Crippen LogP contribution in [0.1, 0.15) is 60.3 Å². The van der Waals surface area contributed by atoms with Crippen molar-refractivity contribution in [3.8, 4) is 0 Å². The highest BCUT2D eigenvalue weighted by Gasteiger charge is 2.69. The number of ketones is 1. The highest BCUT2D eigenvalue weighted by molar-refractivity contribution is 5.90. The SMILES string of the molecule is CO[C@H]1CC2C=C[C@H]3[C@H]4O[C@]2(/C(C)=C/[C@@H](C)[C@@H]([C@@H](C)OC(=O)CCC(C)=O)OC1=O)[C@@H]3[C@H](O)[C@@H](C)[C@H]4OC(=O)C1=CC=CC1. The molecule has 240 valence electrons. The summed E-state index contributed by atoms with van der Waals surface area (Å²) in [6.07, 6.45) is 7.62. The lowest BCUT2D eigenvalue weighted by Gasteiger charge is -2.49. The first-order chi connectivity index (χ1) is 20.9. The molecule has 1 spiro atoms. The Kier molecular flexibility index (Phi) is 9.35. The van der Waals surface area contributed by atoms with Crippen LogP contribution in [0.25, 0.3) is 0 Å². The Bertz CT molecular complexity index is 1290. The number of hydrogen-bond acceptors (Lipinski definition) is 10. The fraction of sp³-hybridized carbons (Fsp3) is 0.647. The Balaban J connectivity index is 1.49. The van der Waals surface area contributed by atoms with Gasteiger partial charge in [0, 0.05) is 48.7 Å². The average Bonchev–Trinajstić information content (AvgIpc) is 3.58. The van der Waals surface area contributed by atoms with E-state index in [9.17, 15) is 24.3 Å². The number of esters is 3. The molecule has 2 fully saturated rings. The Morgan fingerprint density at radius 2 is 1.93 bits per heavy atom. The molecule has 1 unspecified atom stereocenters. The first-order valence-corrected chi connectivity index (χ1v) is 15.6. The van der Waals surface area contributed by atoms with Crippen molar-refractivity contribution in [2.45, 2.75) is 103 Å². The van der Waals surface area contributed by atoms with Gasteiger partial charge in [-0.25, -0.2) is 9.59 Å². The summed E-state index contributed by atoms with van der Waals surface area (Å²) >= 11 is 0. The van der Waals surface area contributed by atoms with Gasteiger partial charge in [0.05, 0.1) is 12.5 Å². The van der Waals surface area contributed by atoms with E-state index >= 15 is 0 Å². The second kappa shape index (κ2) is 12.7. The fourth-order valence-electron chi connectivity index (χ4n) is 7.89. The second-order valence-corrected chi connectivity index (χ2v) is 13.0. The van der Waals surface area contributed by atoms with Crippen LogP contribution in [0.3, 0.4) is 0 Å². The van der Waals surface area contributed by atoms with Crippen molar-refractivity contribution in [2.24, 2.45) is 29.6 Å². The Morgan fingerprint density at radius 3 is 2.59 bits per heavy atom. The van der Waals surface area contributed by atoms with Crippen molar-refractivity contribution in [1.82, 2.24) is 0 Å². The topological polar surface area (TPSA) is 135 Å². The van der Waals surface area contributed by atoms with Crippen molar-refractivity contribution in [2.75, 3.05) is 7.11 Å². The monoisotopic (exact) mass is 612 g/mol. The fourth-order valence-corrected chi connectivity index (χ4v) is 7.89. The molecule has 12 atom stereocenters. The van der Waals surface area contributed by atoms with E-state index in [4.69, 9.17) is 23.7 Å². The van der Waals surface area contributed by atoms with Crippen LogP contribution in [-0.4, -0.2) is 78.1 Å². The molecule has 1 saturated carbocycles. The number of aliphatic hydroxyl groups is 1. The quantitative estimate of drug-likeness (QED) is 0.246. The van der Waals surface area contributed by atoms with E-state index in [0.29, 0.717) is 12.0 Å². The molecule has 0 aromatic carbocycles. The first-order valence-electron chi connectivity index (χ1n) is 15.6. The molecule has 10 nitrogen and oxygen atoms in total. The van der Waals surface area contributed by atoms with Gasteiger partial charge in [-0.15, -0.1) is 0 Å². The number of allylic oxidation sites excluding steroid dienone is 3. The Morgan fingerprint density at radius 1 is 1.18 bits per heavy atom. The van der Waals surface area contributed by atoms with Gasteiger partial charge in [-0.1, -0.05) is 50.3 Å². The molecule has 10 heteroatoms. The number of rotatable bonds is 8. The lowest BCUT2D eigenvalue weighted by molar-refractivity contribution is -0.179. The third kappa shape index (κ3) is 5.72. The van der Waals surface area contributed by atoms with Gasteiger partial charge in [0.2, 0.25) is 0 Å². The smallest absolute Gasteiger partial charge is 0.335 e. The highest BCUT2D eigenvalue weighted by atomic mass is 16.6. The van der Waals surface area contributed by atoms with Crippen molar-refractivity contribution in [1.29, 1.82) is 0 Å². The van der Waals surface area contributed by atoms with Gasteiger partial charge < -0.3 is 33.6 Å². The maximum atomic E-state index is 13.5. The van der Waals surface area contributed by atoms with E-state index in [1.807, 2.05) is 51.2 Å². The molecule has 0 aromatic rings. The van der Waals surface area contributed by atoms with Gasteiger partial charge in [0.15, 0.2) is 6.10 Å². The maximum absolute atomic E-state index is 13.5. The Labute approximate surface area is 258 Å². The number of carbonyl (C=O) groups is 4. The van der Waals surface area contributed by atoms with Crippen molar-refractivity contribution in [3.05, 3.63) is 47.6 Å². The van der Waals surface area contributed by atoms with Crippen molar-refractivity contribution in [3.63, 3.8) is 0 Å². The largest absolute Gasteiger partial charge is 0.459 e. The van der Waals surface area contributed by atoms with Gasteiger partial charge >= 0.3 is 17.9 Å². The molecular formula is C34H44O10. The zero-order valence-corrected chi connectivity index (χ0v) is 26.3. The minimum absolute atomic E-state index is 0.0602. The molecule has 4 bridgehead atoms. The molecular weight excluding hydrogens is 568 g/mol. The molecule has 0 radical (unpaired) electrons. The van der Waals surface area contributed by atoms with E-state index < -0.39 is 72.0 Å². The standard InChI is InChI=1S/C34H44O10/c1-17-15-18(2)34-23(16-25(40-6)33(39)42-29(17)21(5)41-26(36)14-11-19(3)35)12-13-24-27(34)28(37)20(4)30(31(24)44-34)43-32(38)22-9-7-8-10-22/h7-9,12-13,15,17,20-21,23-25,27-31,37H,10-11,14,16H2,1-6H3/b18-15+/t17-,20-,21-,23?,24-,25+,27+,28-,29+,30-,31-,34+/m1/s1. The summed E-state index contributed by atoms with van der Waals surface area (Å²) in [6.45, 7) is 8.79. The molecule has 0 amide bonds. The molecule has 1 saturated heterocycles. The summed E-state index contributed by atoms with van der Waals surface area (Å²) in [5, 5.41) is 11.9. The lowest BCUT2D eigenvalue weighted by Crippen LogP contribution is -2.57. The second-order valence-electron chi connectivity index (χ2n) is 13.0. The maximum Gasteiger partial charge on any atom is 0.335 e. The molecule has 3 aliphatic carbocycles. The van der Waals surface area contributed by atoms with Gasteiger partial charge in [-0.3, -0.25) is 4.79 Å². The van der Waals surface area contributed by atoms with Gasteiger partial charge in [-0.2, -0.15) is 0 Å². The summed E-state index contributed by atoms with van der Waals surface area (Å²) in [6, 6.07) is 0. The van der Waals surface area contributed by atoms with E-state index in [-0.39, 0.29) is 42.8 Å². The van der Waals surface area contributed by atoms with Crippen LogP contribution < -0.4 is 0 Å². The summed E-state index contributed by atoms with van der Waals surface area (Å²) in [4.78, 5) is 50.4. The summed E-state index contributed by atoms with van der Waals surface area (Å²) in [5.41, 5.74) is 0.418. The third-order valence-corrected chi connectivity index (χ3v) is 10.1. The van der Waals surface area contributed by atoms with Gasteiger partial charge in [-0.05, 0) is 39.2 Å². The molecule has 5 rings (SSSR count). The van der Waals surface area contributed by atoms with Crippen molar-refractivity contribution >= 4 is 23.7 Å². The van der Waals surface area contributed by atoms with Crippen molar-refractivity contribution < 1.29 is 48.0 Å². The number of methoxy groups -OCH3 is 1. The number of ether oxygens (including phenoxy) is 5. The third-order valence-electron chi connectivity index (χ3n) is 10.1. The van der Waals surface area contributed by atoms with Crippen LogP contribution in [0.4, 0.5) is 0 Å². The summed E-state index contributed by atoms with van der Waals surface area (Å²) < 4.78 is 30.3. The predicted octanol–water partition coefficient (Wildman–Crippen LogP) is 3.56.